The lowest BCUT2D eigenvalue weighted by Crippen LogP contribution is -2.06. The van der Waals surface area contributed by atoms with Crippen LogP contribution in [0.4, 0.5) is 0 Å². The third-order valence-corrected chi connectivity index (χ3v) is 3.95. The van der Waals surface area contributed by atoms with Crippen LogP contribution in [0.3, 0.4) is 0 Å². The number of methoxy groups -OCH3 is 1. The molecule has 0 saturated carbocycles. The first kappa shape index (κ1) is 14.4. The summed E-state index contributed by atoms with van der Waals surface area (Å²) < 4.78 is 12.2. The maximum atomic E-state index is 5.85. The Morgan fingerprint density at radius 3 is 2.79 bits per heavy atom. The standard InChI is InChI=1S/C14H16BrNO2S/c1-16-7-11-5-12(15)14(13(6-11)17-2)18-8-10-3-4-19-9-10/h3-6,9,16H,7-8H2,1-2H3. The molecule has 0 radical (unpaired) electrons. The molecule has 2 aromatic rings. The molecule has 0 atom stereocenters. The van der Waals surface area contributed by atoms with E-state index in [0.29, 0.717) is 6.61 Å². The fourth-order valence-corrected chi connectivity index (χ4v) is 3.01. The van der Waals surface area contributed by atoms with Crippen molar-refractivity contribution in [1.82, 2.24) is 5.32 Å². The molecular formula is C14H16BrNO2S. The van der Waals surface area contributed by atoms with E-state index in [1.165, 1.54) is 5.56 Å². The van der Waals surface area contributed by atoms with E-state index in [9.17, 15) is 0 Å². The van der Waals surface area contributed by atoms with E-state index in [0.717, 1.165) is 28.1 Å². The molecule has 1 heterocycles. The predicted molar refractivity (Wildman–Crippen MR) is 82.1 cm³/mol. The molecule has 0 aliphatic rings. The second-order valence-electron chi connectivity index (χ2n) is 4.06. The van der Waals surface area contributed by atoms with Crippen LogP contribution in [0.25, 0.3) is 0 Å². The highest BCUT2D eigenvalue weighted by Crippen LogP contribution is 2.37. The number of nitrogens with one attached hydrogen (secondary N) is 1. The molecule has 2 rings (SSSR count). The van der Waals surface area contributed by atoms with Crippen molar-refractivity contribution in [3.63, 3.8) is 0 Å². The summed E-state index contributed by atoms with van der Waals surface area (Å²) in [5.74, 6) is 1.49. The van der Waals surface area contributed by atoms with Crippen LogP contribution in [0.1, 0.15) is 11.1 Å². The van der Waals surface area contributed by atoms with E-state index in [1.54, 1.807) is 18.4 Å². The molecule has 0 bridgehead atoms. The first-order valence-electron chi connectivity index (χ1n) is 5.89. The fourth-order valence-electron chi connectivity index (χ4n) is 1.75. The number of ether oxygens (including phenoxy) is 2. The van der Waals surface area contributed by atoms with Crippen LogP contribution < -0.4 is 14.8 Å². The molecule has 0 saturated heterocycles. The Labute approximate surface area is 125 Å². The van der Waals surface area contributed by atoms with E-state index in [2.05, 4.69) is 32.7 Å². The molecule has 0 amide bonds. The number of thiophene rings is 1. The van der Waals surface area contributed by atoms with Crippen LogP contribution in [-0.2, 0) is 13.2 Å². The van der Waals surface area contributed by atoms with Gasteiger partial charge in [0, 0.05) is 6.54 Å². The monoisotopic (exact) mass is 341 g/mol. The van der Waals surface area contributed by atoms with E-state index < -0.39 is 0 Å². The van der Waals surface area contributed by atoms with Crippen LogP contribution >= 0.6 is 27.3 Å². The second-order valence-corrected chi connectivity index (χ2v) is 5.69. The van der Waals surface area contributed by atoms with Gasteiger partial charge < -0.3 is 14.8 Å². The number of hydrogen-bond acceptors (Lipinski definition) is 4. The lowest BCUT2D eigenvalue weighted by molar-refractivity contribution is 0.282. The van der Waals surface area contributed by atoms with Gasteiger partial charge in [0.05, 0.1) is 11.6 Å². The minimum atomic E-state index is 0.545. The summed E-state index contributed by atoms with van der Waals surface area (Å²) in [6.07, 6.45) is 0. The van der Waals surface area contributed by atoms with Crippen molar-refractivity contribution in [2.75, 3.05) is 14.2 Å². The van der Waals surface area contributed by atoms with Gasteiger partial charge in [0.1, 0.15) is 6.61 Å². The molecule has 0 spiro atoms. The van der Waals surface area contributed by atoms with Crippen LogP contribution in [0.5, 0.6) is 11.5 Å². The summed E-state index contributed by atoms with van der Waals surface area (Å²) in [7, 11) is 3.57. The average molecular weight is 342 g/mol. The number of hydrogen-bond donors (Lipinski definition) is 1. The highest BCUT2D eigenvalue weighted by atomic mass is 79.9. The number of benzene rings is 1. The normalized spacial score (nSPS) is 10.5. The van der Waals surface area contributed by atoms with E-state index in [1.807, 2.05) is 24.6 Å². The largest absolute Gasteiger partial charge is 0.493 e. The van der Waals surface area contributed by atoms with Gasteiger partial charge in [-0.25, -0.2) is 0 Å². The highest BCUT2D eigenvalue weighted by Gasteiger charge is 2.11. The zero-order valence-corrected chi connectivity index (χ0v) is 13.3. The third kappa shape index (κ3) is 3.72. The summed E-state index contributed by atoms with van der Waals surface area (Å²) in [5.41, 5.74) is 2.31. The van der Waals surface area contributed by atoms with Crippen LogP contribution in [0.2, 0.25) is 0 Å². The van der Waals surface area contributed by atoms with Crippen LogP contribution in [0, 0.1) is 0 Å². The Hall–Kier alpha value is -1.04. The average Bonchev–Trinajstić information content (AvgIpc) is 2.90. The molecule has 5 heteroatoms. The molecule has 102 valence electrons. The third-order valence-electron chi connectivity index (χ3n) is 2.63. The lowest BCUT2D eigenvalue weighted by Gasteiger charge is -2.14. The first-order valence-corrected chi connectivity index (χ1v) is 7.63. The minimum Gasteiger partial charge on any atom is -0.493 e. The maximum absolute atomic E-state index is 5.85. The minimum absolute atomic E-state index is 0.545. The summed E-state index contributed by atoms with van der Waals surface area (Å²) in [5, 5.41) is 7.24. The van der Waals surface area contributed by atoms with Crippen molar-refractivity contribution >= 4 is 27.3 Å². The Balaban J connectivity index is 2.18. The van der Waals surface area contributed by atoms with Gasteiger partial charge in [-0.2, -0.15) is 11.3 Å². The van der Waals surface area contributed by atoms with Crippen molar-refractivity contribution < 1.29 is 9.47 Å². The van der Waals surface area contributed by atoms with Crippen molar-refractivity contribution in [3.8, 4) is 11.5 Å². The highest BCUT2D eigenvalue weighted by molar-refractivity contribution is 9.10. The number of rotatable bonds is 6. The Bertz CT molecular complexity index is 528. The second kappa shape index (κ2) is 6.93. The van der Waals surface area contributed by atoms with E-state index in [-0.39, 0.29) is 0 Å². The van der Waals surface area contributed by atoms with Gasteiger partial charge in [-0.1, -0.05) is 0 Å². The topological polar surface area (TPSA) is 30.5 Å². The summed E-state index contributed by atoms with van der Waals surface area (Å²) in [6, 6.07) is 6.09. The SMILES string of the molecule is CNCc1cc(Br)c(OCc2ccsc2)c(OC)c1. The van der Waals surface area contributed by atoms with Gasteiger partial charge in [0.15, 0.2) is 11.5 Å². The summed E-state index contributed by atoms with van der Waals surface area (Å²) in [6.45, 7) is 1.34. The van der Waals surface area contributed by atoms with Crippen molar-refractivity contribution in [1.29, 1.82) is 0 Å². The molecule has 0 fully saturated rings. The van der Waals surface area contributed by atoms with Gasteiger partial charge in [-0.3, -0.25) is 0 Å². The van der Waals surface area contributed by atoms with Gasteiger partial charge in [0.2, 0.25) is 0 Å². The molecule has 1 N–H and O–H groups in total. The molecule has 0 aliphatic carbocycles. The van der Waals surface area contributed by atoms with E-state index in [4.69, 9.17) is 9.47 Å². The Morgan fingerprint density at radius 2 is 2.16 bits per heavy atom. The quantitative estimate of drug-likeness (QED) is 0.866. The summed E-state index contributed by atoms with van der Waals surface area (Å²) >= 11 is 5.21. The van der Waals surface area contributed by atoms with E-state index >= 15 is 0 Å². The number of halogens is 1. The van der Waals surface area contributed by atoms with Crippen LogP contribution in [0.15, 0.2) is 33.4 Å². The fraction of sp³-hybridized carbons (Fsp3) is 0.286. The predicted octanol–water partition coefficient (Wildman–Crippen LogP) is 3.82. The van der Waals surface area contributed by atoms with Crippen molar-refractivity contribution in [2.45, 2.75) is 13.2 Å². The Morgan fingerprint density at radius 1 is 1.32 bits per heavy atom. The van der Waals surface area contributed by atoms with Gasteiger partial charge in [-0.05, 0) is 63.1 Å². The molecule has 0 unspecified atom stereocenters. The zero-order chi connectivity index (χ0) is 13.7. The summed E-state index contributed by atoms with van der Waals surface area (Å²) in [4.78, 5) is 0. The van der Waals surface area contributed by atoms with Gasteiger partial charge in [0.25, 0.3) is 0 Å². The first-order chi connectivity index (χ1) is 9.24. The molecule has 0 aliphatic heterocycles. The van der Waals surface area contributed by atoms with Gasteiger partial charge in [-0.15, -0.1) is 0 Å². The molecule has 19 heavy (non-hydrogen) atoms. The smallest absolute Gasteiger partial charge is 0.175 e. The van der Waals surface area contributed by atoms with Crippen molar-refractivity contribution in [2.24, 2.45) is 0 Å². The molecule has 1 aromatic heterocycles. The maximum Gasteiger partial charge on any atom is 0.175 e. The lowest BCUT2D eigenvalue weighted by atomic mass is 10.2. The zero-order valence-electron chi connectivity index (χ0n) is 10.9. The molecular weight excluding hydrogens is 326 g/mol. The Kier molecular flexibility index (Phi) is 5.24. The molecule has 1 aromatic carbocycles. The van der Waals surface area contributed by atoms with Gasteiger partial charge >= 0.3 is 0 Å². The molecule has 3 nitrogen and oxygen atoms in total. The van der Waals surface area contributed by atoms with Crippen molar-refractivity contribution in [3.05, 3.63) is 44.6 Å². The van der Waals surface area contributed by atoms with Crippen LogP contribution in [-0.4, -0.2) is 14.2 Å².